The number of rotatable bonds is 9. The van der Waals surface area contributed by atoms with Crippen LogP contribution in [0, 0.1) is 0 Å². The normalized spacial score (nSPS) is 11.0. The summed E-state index contributed by atoms with van der Waals surface area (Å²) in [5.41, 5.74) is -0.151. The maximum atomic E-state index is 13.5. The van der Waals surface area contributed by atoms with Crippen molar-refractivity contribution in [3.05, 3.63) is 107 Å². The number of aromatic hydroxyl groups is 2. The summed E-state index contributed by atoms with van der Waals surface area (Å²) in [4.78, 5) is 25.6. The van der Waals surface area contributed by atoms with Crippen molar-refractivity contribution in [3.8, 4) is 28.7 Å². The lowest BCUT2D eigenvalue weighted by Crippen LogP contribution is -2.15. The van der Waals surface area contributed by atoms with Gasteiger partial charge in [-0.15, -0.1) is 0 Å². The molecule has 0 amide bonds. The summed E-state index contributed by atoms with van der Waals surface area (Å²) in [7, 11) is -2.44. The number of ether oxygens (including phenoxy) is 2. The highest BCUT2D eigenvalue weighted by atomic mass is 32.2. The second-order valence-electron chi connectivity index (χ2n) is 7.94. The van der Waals surface area contributed by atoms with Crippen LogP contribution in [0.5, 0.6) is 28.7 Å². The summed E-state index contributed by atoms with van der Waals surface area (Å²) in [6.07, 6.45) is 0. The summed E-state index contributed by atoms with van der Waals surface area (Å²) in [5, 5.41) is 21.2. The molecule has 0 aliphatic carbocycles. The molecule has 9 nitrogen and oxygen atoms in total. The van der Waals surface area contributed by atoms with Gasteiger partial charge in [0.1, 0.15) is 16.4 Å². The highest BCUT2D eigenvalue weighted by Crippen LogP contribution is 2.42. The van der Waals surface area contributed by atoms with Crippen molar-refractivity contribution < 1.29 is 41.9 Å². The lowest BCUT2D eigenvalue weighted by molar-refractivity contribution is 0.102. The van der Waals surface area contributed by atoms with E-state index in [4.69, 9.17) is 13.7 Å². The molecule has 0 saturated carbocycles. The number of ketones is 2. The van der Waals surface area contributed by atoms with Gasteiger partial charge in [-0.1, -0.05) is 60.7 Å². The van der Waals surface area contributed by atoms with E-state index in [2.05, 4.69) is 0 Å². The van der Waals surface area contributed by atoms with Gasteiger partial charge < -0.3 is 23.9 Å². The first-order valence-electron chi connectivity index (χ1n) is 11.1. The first kappa shape index (κ1) is 26.2. The third-order valence-electron chi connectivity index (χ3n) is 5.62. The molecule has 0 aliphatic rings. The van der Waals surface area contributed by atoms with Crippen LogP contribution in [-0.2, 0) is 10.1 Å². The fraction of sp³-hybridized carbons (Fsp3) is 0.0714. The van der Waals surface area contributed by atoms with Crippen LogP contribution in [0.1, 0.15) is 31.8 Å². The predicted octanol–water partition coefficient (Wildman–Crippen LogP) is 4.34. The van der Waals surface area contributed by atoms with Crippen LogP contribution in [0.4, 0.5) is 0 Å². The zero-order chi connectivity index (χ0) is 27.4. The quantitative estimate of drug-likeness (QED) is 0.237. The minimum Gasteiger partial charge on any atom is -0.507 e. The molecule has 0 spiro atoms. The minimum atomic E-state index is -4.85. The van der Waals surface area contributed by atoms with Crippen molar-refractivity contribution in [2.45, 2.75) is 4.90 Å². The number of carbonyl (C=O) groups excluding carboxylic acids is 2. The van der Waals surface area contributed by atoms with Gasteiger partial charge >= 0.3 is 10.1 Å². The minimum absolute atomic E-state index is 0.141. The monoisotopic (exact) mass is 534 g/mol. The predicted molar refractivity (Wildman–Crippen MR) is 137 cm³/mol. The van der Waals surface area contributed by atoms with Crippen LogP contribution in [0.2, 0.25) is 0 Å². The van der Waals surface area contributed by atoms with Crippen molar-refractivity contribution in [3.63, 3.8) is 0 Å². The van der Waals surface area contributed by atoms with E-state index in [1.807, 2.05) is 0 Å². The summed E-state index contributed by atoms with van der Waals surface area (Å²) in [6.45, 7) is 0. The molecule has 38 heavy (non-hydrogen) atoms. The largest absolute Gasteiger partial charge is 0.507 e. The summed E-state index contributed by atoms with van der Waals surface area (Å²) >= 11 is 0. The first-order chi connectivity index (χ1) is 18.2. The molecule has 0 radical (unpaired) electrons. The van der Waals surface area contributed by atoms with Gasteiger partial charge in [0.25, 0.3) is 0 Å². The number of hydrogen-bond donors (Lipinski definition) is 2. The molecular weight excluding hydrogens is 512 g/mol. The molecule has 4 aromatic rings. The first-order valence-corrected chi connectivity index (χ1v) is 12.5. The van der Waals surface area contributed by atoms with E-state index in [0.717, 1.165) is 12.1 Å². The van der Waals surface area contributed by atoms with E-state index in [-0.39, 0.29) is 33.8 Å². The molecule has 0 saturated heterocycles. The highest BCUT2D eigenvalue weighted by molar-refractivity contribution is 7.87. The topological polar surface area (TPSA) is 136 Å². The van der Waals surface area contributed by atoms with E-state index in [0.29, 0.717) is 0 Å². The second-order valence-corrected chi connectivity index (χ2v) is 9.46. The van der Waals surface area contributed by atoms with Gasteiger partial charge in [0.15, 0.2) is 23.1 Å². The summed E-state index contributed by atoms with van der Waals surface area (Å²) in [5.74, 6) is -3.65. The van der Waals surface area contributed by atoms with Crippen LogP contribution < -0.4 is 13.7 Å². The van der Waals surface area contributed by atoms with Gasteiger partial charge in [0, 0.05) is 17.2 Å². The van der Waals surface area contributed by atoms with Crippen LogP contribution >= 0.6 is 0 Å². The van der Waals surface area contributed by atoms with E-state index in [1.165, 1.54) is 50.6 Å². The molecule has 4 rings (SSSR count). The molecule has 0 heterocycles. The molecule has 0 aromatic heterocycles. The Labute approximate surface area is 218 Å². The highest BCUT2D eigenvalue weighted by Gasteiger charge is 2.31. The molecule has 0 bridgehead atoms. The Balaban J connectivity index is 1.84. The molecule has 194 valence electrons. The maximum absolute atomic E-state index is 13.5. The Kier molecular flexibility index (Phi) is 7.35. The lowest BCUT2D eigenvalue weighted by atomic mass is 10.0. The summed E-state index contributed by atoms with van der Waals surface area (Å²) < 4.78 is 42.5. The summed E-state index contributed by atoms with van der Waals surface area (Å²) in [6, 6.07) is 20.4. The smallest absolute Gasteiger partial charge is 0.343 e. The zero-order valence-electron chi connectivity index (χ0n) is 20.2. The van der Waals surface area contributed by atoms with Gasteiger partial charge in [-0.25, -0.2) is 0 Å². The van der Waals surface area contributed by atoms with Crippen molar-refractivity contribution in [2.75, 3.05) is 14.2 Å². The number of methoxy groups -OCH3 is 2. The average molecular weight is 535 g/mol. The maximum Gasteiger partial charge on any atom is 0.343 e. The zero-order valence-corrected chi connectivity index (χ0v) is 21.1. The third kappa shape index (κ3) is 5.02. The van der Waals surface area contributed by atoms with Crippen LogP contribution in [0.25, 0.3) is 0 Å². The number of hydrogen-bond acceptors (Lipinski definition) is 9. The van der Waals surface area contributed by atoms with E-state index in [9.17, 15) is 28.2 Å². The Morgan fingerprint density at radius 3 is 1.74 bits per heavy atom. The van der Waals surface area contributed by atoms with Crippen molar-refractivity contribution in [1.29, 1.82) is 0 Å². The van der Waals surface area contributed by atoms with Crippen molar-refractivity contribution in [1.82, 2.24) is 0 Å². The standard InChI is InChI=1S/C28H22O9S/c1-35-22-14-13-19(25(30)17-9-5-3-6-10-17)28(27(22)32)37-38(33,34)24-15-20(21(29)16-23(24)36-2)26(31)18-11-7-4-8-12-18/h3-16,29,32H,1-2H3. The molecule has 2 N–H and O–H groups in total. The molecule has 0 fully saturated rings. The lowest BCUT2D eigenvalue weighted by Gasteiger charge is -2.17. The fourth-order valence-electron chi connectivity index (χ4n) is 3.71. The Hall–Kier alpha value is -4.83. The number of benzene rings is 4. The van der Waals surface area contributed by atoms with E-state index >= 15 is 0 Å². The van der Waals surface area contributed by atoms with Crippen molar-refractivity contribution >= 4 is 21.7 Å². The fourth-order valence-corrected chi connectivity index (χ4v) is 4.84. The van der Waals surface area contributed by atoms with Crippen LogP contribution in [0.3, 0.4) is 0 Å². The average Bonchev–Trinajstić information content (AvgIpc) is 2.94. The van der Waals surface area contributed by atoms with E-state index in [1.54, 1.807) is 36.4 Å². The Morgan fingerprint density at radius 1 is 0.684 bits per heavy atom. The van der Waals surface area contributed by atoms with Crippen LogP contribution in [-0.4, -0.2) is 44.4 Å². The molecule has 0 atom stereocenters. The Bertz CT molecular complexity index is 1610. The molecule has 10 heteroatoms. The van der Waals surface area contributed by atoms with E-state index < -0.39 is 43.8 Å². The SMILES string of the molecule is COc1cc(O)c(C(=O)c2ccccc2)cc1S(=O)(=O)Oc1c(C(=O)c2ccccc2)ccc(OC)c1O. The van der Waals surface area contributed by atoms with Gasteiger partial charge in [-0.2, -0.15) is 8.42 Å². The van der Waals surface area contributed by atoms with Gasteiger partial charge in [-0.3, -0.25) is 9.59 Å². The number of phenols is 2. The molecule has 0 unspecified atom stereocenters. The molecular formula is C28H22O9S. The van der Waals surface area contributed by atoms with Gasteiger partial charge in [0.2, 0.25) is 5.75 Å². The van der Waals surface area contributed by atoms with Crippen LogP contribution in [0.15, 0.2) is 89.8 Å². The third-order valence-corrected chi connectivity index (χ3v) is 6.86. The van der Waals surface area contributed by atoms with Gasteiger partial charge in [-0.05, 0) is 18.2 Å². The van der Waals surface area contributed by atoms with Gasteiger partial charge in [0.05, 0.1) is 25.3 Å². The molecule has 0 aliphatic heterocycles. The number of phenolic OH excluding ortho intramolecular Hbond substituents is 2. The second kappa shape index (κ2) is 10.7. The molecule has 4 aromatic carbocycles. The van der Waals surface area contributed by atoms with Crippen molar-refractivity contribution in [2.24, 2.45) is 0 Å². The number of carbonyl (C=O) groups is 2. The Morgan fingerprint density at radius 2 is 1.21 bits per heavy atom.